The molecule has 0 aliphatic carbocycles. The molecule has 2 aromatic carbocycles. The first-order valence-corrected chi connectivity index (χ1v) is 10.6. The minimum atomic E-state index is -3.25. The molecular weight excluding hydrogens is 370 g/mol. The van der Waals surface area contributed by atoms with Crippen LogP contribution in [0.1, 0.15) is 18.4 Å². The van der Waals surface area contributed by atoms with Crippen molar-refractivity contribution in [3.63, 3.8) is 0 Å². The number of anilines is 1. The molecule has 26 heavy (non-hydrogen) atoms. The number of hydrogen-bond donors (Lipinski definition) is 0. The molecule has 1 aliphatic heterocycles. The van der Waals surface area contributed by atoms with Crippen LogP contribution in [-0.4, -0.2) is 26.1 Å². The van der Waals surface area contributed by atoms with Gasteiger partial charge in [0.15, 0.2) is 9.84 Å². The minimum Gasteiger partial charge on any atom is -0.304 e. The molecule has 0 N–H and O–H groups in total. The van der Waals surface area contributed by atoms with Crippen LogP contribution >= 0.6 is 11.6 Å². The van der Waals surface area contributed by atoms with Gasteiger partial charge in [0.1, 0.15) is 0 Å². The highest BCUT2D eigenvalue weighted by Crippen LogP contribution is 2.25. The number of nitrogens with zero attached hydrogens (tertiary/aromatic N) is 1. The number of carbonyl (C=O) groups is 1. The van der Waals surface area contributed by atoms with Crippen LogP contribution in [-0.2, 0) is 21.1 Å². The molecule has 3 rings (SSSR count). The van der Waals surface area contributed by atoms with Crippen LogP contribution in [0.2, 0.25) is 5.02 Å². The number of sulfone groups is 1. The molecule has 0 spiro atoms. The lowest BCUT2D eigenvalue weighted by Gasteiger charge is -2.28. The lowest BCUT2D eigenvalue weighted by Crippen LogP contribution is -2.41. The molecular formula is C20H20ClNO3S. The monoisotopic (exact) mass is 389 g/mol. The van der Waals surface area contributed by atoms with Crippen LogP contribution in [0.4, 0.5) is 5.69 Å². The number of hydrogen-bond acceptors (Lipinski definition) is 3. The Kier molecular flexibility index (Phi) is 5.79. The summed E-state index contributed by atoms with van der Waals surface area (Å²) in [5.74, 6) is -0.171. The molecule has 1 amide bonds. The lowest BCUT2D eigenvalue weighted by atomic mass is 10.1. The lowest BCUT2D eigenvalue weighted by molar-refractivity contribution is -0.118. The van der Waals surface area contributed by atoms with E-state index >= 15 is 0 Å². The molecule has 1 aliphatic rings. The van der Waals surface area contributed by atoms with Gasteiger partial charge in [-0.2, -0.15) is 0 Å². The molecule has 0 fully saturated rings. The van der Waals surface area contributed by atoms with Gasteiger partial charge in [-0.25, -0.2) is 8.42 Å². The second-order valence-corrected chi connectivity index (χ2v) is 8.67. The summed E-state index contributed by atoms with van der Waals surface area (Å²) >= 11 is 5.94. The topological polar surface area (TPSA) is 54.5 Å². The van der Waals surface area contributed by atoms with E-state index in [1.807, 2.05) is 30.3 Å². The van der Waals surface area contributed by atoms with Crippen molar-refractivity contribution in [3.8, 4) is 0 Å². The first-order chi connectivity index (χ1) is 12.4. The van der Waals surface area contributed by atoms with Crippen molar-refractivity contribution in [2.45, 2.75) is 25.3 Å². The van der Waals surface area contributed by atoms with Crippen molar-refractivity contribution in [2.75, 3.05) is 10.7 Å². The number of benzene rings is 2. The SMILES string of the molecule is O=C(CCCc1ccccc1)N(c1ccc(Cl)cc1)C1C=CS(=O)(=O)C1. The van der Waals surface area contributed by atoms with Gasteiger partial charge in [-0.05, 0) is 48.7 Å². The Morgan fingerprint density at radius 2 is 1.77 bits per heavy atom. The molecule has 136 valence electrons. The van der Waals surface area contributed by atoms with Crippen LogP contribution in [0.15, 0.2) is 66.1 Å². The first kappa shape index (κ1) is 18.7. The summed E-state index contributed by atoms with van der Waals surface area (Å²) in [6, 6.07) is 16.4. The summed E-state index contributed by atoms with van der Waals surface area (Å²) < 4.78 is 23.6. The Bertz CT molecular complexity index is 892. The highest BCUT2D eigenvalue weighted by Gasteiger charge is 2.31. The summed E-state index contributed by atoms with van der Waals surface area (Å²) in [5.41, 5.74) is 1.84. The van der Waals surface area contributed by atoms with E-state index in [1.54, 1.807) is 35.2 Å². The number of carbonyl (C=O) groups excluding carboxylic acids is 1. The largest absolute Gasteiger partial charge is 0.304 e. The van der Waals surface area contributed by atoms with E-state index in [-0.39, 0.29) is 11.7 Å². The maximum atomic E-state index is 12.9. The normalized spacial score (nSPS) is 18.0. The highest BCUT2D eigenvalue weighted by molar-refractivity contribution is 7.94. The van der Waals surface area contributed by atoms with Crippen molar-refractivity contribution in [3.05, 3.63) is 76.7 Å². The minimum absolute atomic E-state index is 0.0833. The maximum Gasteiger partial charge on any atom is 0.227 e. The molecule has 0 bridgehead atoms. The van der Waals surface area contributed by atoms with Crippen molar-refractivity contribution in [2.24, 2.45) is 0 Å². The standard InChI is InChI=1S/C20H20ClNO3S/c21-17-9-11-18(12-10-17)22(19-13-14-26(24,25)15-19)20(23)8-4-7-16-5-2-1-3-6-16/h1-3,5-6,9-14,19H,4,7-8,15H2. The molecule has 6 heteroatoms. The van der Waals surface area contributed by atoms with Gasteiger partial charge in [0.2, 0.25) is 5.91 Å². The molecule has 1 unspecified atom stereocenters. The van der Waals surface area contributed by atoms with Gasteiger partial charge in [0, 0.05) is 22.5 Å². The van der Waals surface area contributed by atoms with Crippen LogP contribution in [0.3, 0.4) is 0 Å². The van der Waals surface area contributed by atoms with Crippen LogP contribution in [0.25, 0.3) is 0 Å². The summed E-state index contributed by atoms with van der Waals surface area (Å²) in [7, 11) is -3.25. The van der Waals surface area contributed by atoms with E-state index in [4.69, 9.17) is 11.6 Å². The first-order valence-electron chi connectivity index (χ1n) is 8.47. The van der Waals surface area contributed by atoms with Crippen LogP contribution in [0, 0.1) is 0 Å². The molecule has 1 heterocycles. The summed E-state index contributed by atoms with van der Waals surface area (Å²) in [6.07, 6.45) is 3.44. The summed E-state index contributed by atoms with van der Waals surface area (Å²) in [4.78, 5) is 14.5. The smallest absolute Gasteiger partial charge is 0.227 e. The van der Waals surface area contributed by atoms with Gasteiger partial charge in [-0.3, -0.25) is 4.79 Å². The van der Waals surface area contributed by atoms with E-state index in [9.17, 15) is 13.2 Å². The quantitative estimate of drug-likeness (QED) is 0.750. The fourth-order valence-electron chi connectivity index (χ4n) is 3.05. The van der Waals surface area contributed by atoms with Crippen LogP contribution < -0.4 is 4.90 Å². The van der Waals surface area contributed by atoms with Crippen molar-refractivity contribution >= 4 is 33.0 Å². The van der Waals surface area contributed by atoms with Gasteiger partial charge < -0.3 is 4.90 Å². The van der Waals surface area contributed by atoms with Gasteiger partial charge in [0.05, 0.1) is 11.8 Å². The average Bonchev–Trinajstić information content (AvgIpc) is 2.97. The van der Waals surface area contributed by atoms with Crippen molar-refractivity contribution < 1.29 is 13.2 Å². The third-order valence-corrected chi connectivity index (χ3v) is 5.95. The Morgan fingerprint density at radius 3 is 2.38 bits per heavy atom. The predicted molar refractivity (Wildman–Crippen MR) is 105 cm³/mol. The summed E-state index contributed by atoms with van der Waals surface area (Å²) in [5, 5.41) is 1.76. The third kappa shape index (κ3) is 4.74. The number of halogens is 1. The second kappa shape index (κ2) is 8.06. The van der Waals surface area contributed by atoms with E-state index in [2.05, 4.69) is 0 Å². The molecule has 0 saturated carbocycles. The van der Waals surface area contributed by atoms with E-state index in [0.29, 0.717) is 23.6 Å². The Labute approximate surface area is 159 Å². The molecule has 1 atom stereocenters. The van der Waals surface area contributed by atoms with E-state index < -0.39 is 15.9 Å². The number of amides is 1. The summed E-state index contributed by atoms with van der Waals surface area (Å²) in [6.45, 7) is 0. The fraction of sp³-hybridized carbons (Fsp3) is 0.250. The van der Waals surface area contributed by atoms with Gasteiger partial charge in [0.25, 0.3) is 0 Å². The molecule has 2 aromatic rings. The maximum absolute atomic E-state index is 12.9. The zero-order valence-corrected chi connectivity index (χ0v) is 15.8. The number of rotatable bonds is 6. The van der Waals surface area contributed by atoms with Gasteiger partial charge >= 0.3 is 0 Å². The molecule has 0 saturated heterocycles. The zero-order chi connectivity index (χ0) is 18.6. The predicted octanol–water partition coefficient (Wildman–Crippen LogP) is 4.01. The molecule has 4 nitrogen and oxygen atoms in total. The Morgan fingerprint density at radius 1 is 1.08 bits per heavy atom. The van der Waals surface area contributed by atoms with Crippen LogP contribution in [0.5, 0.6) is 0 Å². The Hall–Kier alpha value is -2.11. The number of aryl methyl sites for hydroxylation is 1. The molecule has 0 aromatic heterocycles. The highest BCUT2D eigenvalue weighted by atomic mass is 35.5. The van der Waals surface area contributed by atoms with Crippen molar-refractivity contribution in [1.82, 2.24) is 0 Å². The van der Waals surface area contributed by atoms with E-state index in [0.717, 1.165) is 6.42 Å². The molecule has 0 radical (unpaired) electrons. The van der Waals surface area contributed by atoms with Gasteiger partial charge in [-0.15, -0.1) is 0 Å². The van der Waals surface area contributed by atoms with E-state index in [1.165, 1.54) is 11.0 Å². The zero-order valence-electron chi connectivity index (χ0n) is 14.2. The third-order valence-electron chi connectivity index (χ3n) is 4.32. The van der Waals surface area contributed by atoms with Gasteiger partial charge in [-0.1, -0.05) is 41.9 Å². The fourth-order valence-corrected chi connectivity index (χ4v) is 4.45. The second-order valence-electron chi connectivity index (χ2n) is 6.30. The Balaban J connectivity index is 1.73. The average molecular weight is 390 g/mol. The van der Waals surface area contributed by atoms with Crippen molar-refractivity contribution in [1.29, 1.82) is 0 Å².